The predicted octanol–water partition coefficient (Wildman–Crippen LogP) is 2.24. The van der Waals surface area contributed by atoms with Gasteiger partial charge >= 0.3 is 11.8 Å². The highest BCUT2D eigenvalue weighted by Gasteiger charge is 2.19. The van der Waals surface area contributed by atoms with Crippen LogP contribution in [0.2, 0.25) is 5.02 Å². The van der Waals surface area contributed by atoms with Gasteiger partial charge in [-0.15, -0.1) is 0 Å². The number of carbonyl (C=O) groups excluding carboxylic acids is 2. The van der Waals surface area contributed by atoms with Crippen LogP contribution in [0.5, 0.6) is 0 Å². The third-order valence-electron chi connectivity index (χ3n) is 3.40. The van der Waals surface area contributed by atoms with Crippen LogP contribution < -0.4 is 10.7 Å². The van der Waals surface area contributed by atoms with Gasteiger partial charge in [-0.3, -0.25) is 9.59 Å². The Kier molecular flexibility index (Phi) is 5.75. The number of halogens is 1. The van der Waals surface area contributed by atoms with Gasteiger partial charge in [0.2, 0.25) is 0 Å². The van der Waals surface area contributed by atoms with Gasteiger partial charge in [0.25, 0.3) is 0 Å². The van der Waals surface area contributed by atoms with Crippen LogP contribution in [-0.4, -0.2) is 24.1 Å². The molecule has 0 aliphatic heterocycles. The second-order valence-electron chi connectivity index (χ2n) is 5.06. The van der Waals surface area contributed by atoms with Crippen LogP contribution in [-0.2, 0) is 9.59 Å². The Morgan fingerprint density at radius 1 is 1.10 bits per heavy atom. The van der Waals surface area contributed by atoms with Gasteiger partial charge in [-0.05, 0) is 30.5 Å². The molecule has 2 N–H and O–H groups in total. The zero-order valence-electron chi connectivity index (χ0n) is 11.6. The van der Waals surface area contributed by atoms with E-state index in [1.165, 1.54) is 12.6 Å². The van der Waals surface area contributed by atoms with Crippen molar-refractivity contribution >= 4 is 29.6 Å². The maximum absolute atomic E-state index is 11.7. The summed E-state index contributed by atoms with van der Waals surface area (Å²) in [5.41, 5.74) is 3.01. The van der Waals surface area contributed by atoms with E-state index in [0.717, 1.165) is 31.2 Å². The first-order valence-corrected chi connectivity index (χ1v) is 7.42. The molecule has 0 bridgehead atoms. The third kappa shape index (κ3) is 5.19. The van der Waals surface area contributed by atoms with Crippen molar-refractivity contribution in [1.29, 1.82) is 0 Å². The van der Waals surface area contributed by atoms with Gasteiger partial charge in [0.1, 0.15) is 0 Å². The highest BCUT2D eigenvalue weighted by atomic mass is 35.5. The average molecular weight is 308 g/mol. The lowest BCUT2D eigenvalue weighted by Gasteiger charge is -2.22. The first-order chi connectivity index (χ1) is 10.1. The molecule has 1 saturated carbocycles. The molecule has 0 saturated heterocycles. The van der Waals surface area contributed by atoms with Gasteiger partial charge in [-0.25, -0.2) is 5.43 Å². The average Bonchev–Trinajstić information content (AvgIpc) is 2.50. The van der Waals surface area contributed by atoms with Gasteiger partial charge in [0, 0.05) is 11.1 Å². The molecule has 112 valence electrons. The van der Waals surface area contributed by atoms with Gasteiger partial charge < -0.3 is 5.32 Å². The molecule has 1 aromatic rings. The lowest BCUT2D eigenvalue weighted by molar-refractivity contribution is -0.139. The van der Waals surface area contributed by atoms with Crippen molar-refractivity contribution in [2.75, 3.05) is 0 Å². The van der Waals surface area contributed by atoms with E-state index in [-0.39, 0.29) is 6.04 Å². The molecule has 0 spiro atoms. The molecule has 0 atom stereocenters. The molecule has 1 fully saturated rings. The number of hydrogen-bond donors (Lipinski definition) is 2. The minimum Gasteiger partial charge on any atom is -0.345 e. The van der Waals surface area contributed by atoms with E-state index in [1.807, 2.05) is 0 Å². The number of amides is 2. The number of rotatable bonds is 3. The standard InChI is InChI=1S/C15H18ClN3O2/c16-12-8-6-11(7-9-12)10-17-19-15(21)14(20)18-13-4-2-1-3-5-13/h6-10,13H,1-5H2,(H,18,20)(H,19,21)/b17-10-. The van der Waals surface area contributed by atoms with Crippen LogP contribution in [0.15, 0.2) is 29.4 Å². The van der Waals surface area contributed by atoms with Crippen LogP contribution >= 0.6 is 11.6 Å². The topological polar surface area (TPSA) is 70.6 Å². The second-order valence-corrected chi connectivity index (χ2v) is 5.50. The summed E-state index contributed by atoms with van der Waals surface area (Å²) >= 11 is 5.76. The van der Waals surface area contributed by atoms with Crippen molar-refractivity contribution in [2.45, 2.75) is 38.1 Å². The molecule has 0 radical (unpaired) electrons. The van der Waals surface area contributed by atoms with E-state index in [0.29, 0.717) is 5.02 Å². The summed E-state index contributed by atoms with van der Waals surface area (Å²) in [6.45, 7) is 0. The monoisotopic (exact) mass is 307 g/mol. The third-order valence-corrected chi connectivity index (χ3v) is 3.65. The highest BCUT2D eigenvalue weighted by molar-refractivity contribution is 6.35. The second kappa shape index (κ2) is 7.78. The zero-order valence-corrected chi connectivity index (χ0v) is 12.4. The molecular weight excluding hydrogens is 290 g/mol. The van der Waals surface area contributed by atoms with E-state index in [9.17, 15) is 9.59 Å². The molecule has 1 aromatic carbocycles. The fourth-order valence-corrected chi connectivity index (χ4v) is 2.39. The summed E-state index contributed by atoms with van der Waals surface area (Å²) in [5, 5.41) is 7.12. The lowest BCUT2D eigenvalue weighted by Crippen LogP contribution is -2.44. The zero-order chi connectivity index (χ0) is 15.1. The highest BCUT2D eigenvalue weighted by Crippen LogP contribution is 2.17. The summed E-state index contributed by atoms with van der Waals surface area (Å²) in [7, 11) is 0. The molecule has 5 nitrogen and oxygen atoms in total. The van der Waals surface area contributed by atoms with E-state index < -0.39 is 11.8 Å². The maximum Gasteiger partial charge on any atom is 0.329 e. The SMILES string of the molecule is O=C(N/N=C\c1ccc(Cl)cc1)C(=O)NC1CCCCC1. The minimum atomic E-state index is -0.745. The van der Waals surface area contributed by atoms with Crippen LogP contribution in [0.3, 0.4) is 0 Å². The minimum absolute atomic E-state index is 0.109. The summed E-state index contributed by atoms with van der Waals surface area (Å²) in [4.78, 5) is 23.3. The van der Waals surface area contributed by atoms with Gasteiger partial charge in [-0.2, -0.15) is 5.10 Å². The number of hydrogen-bond acceptors (Lipinski definition) is 3. The largest absolute Gasteiger partial charge is 0.345 e. The molecule has 2 amide bonds. The summed E-state index contributed by atoms with van der Waals surface area (Å²) in [6.07, 6.45) is 6.73. The smallest absolute Gasteiger partial charge is 0.329 e. The quantitative estimate of drug-likeness (QED) is 0.511. The Bertz CT molecular complexity index is 522. The number of nitrogens with one attached hydrogen (secondary N) is 2. The van der Waals surface area contributed by atoms with Gasteiger partial charge in [0.05, 0.1) is 6.21 Å². The molecule has 0 aromatic heterocycles. The fraction of sp³-hybridized carbons (Fsp3) is 0.400. The van der Waals surface area contributed by atoms with Crippen molar-refractivity contribution in [3.8, 4) is 0 Å². The Morgan fingerprint density at radius 3 is 2.43 bits per heavy atom. The Labute approximate surface area is 128 Å². The Balaban J connectivity index is 1.77. The number of carbonyl (C=O) groups is 2. The van der Waals surface area contributed by atoms with E-state index in [4.69, 9.17) is 11.6 Å². The van der Waals surface area contributed by atoms with Gasteiger partial charge in [0.15, 0.2) is 0 Å². The number of benzene rings is 1. The summed E-state index contributed by atoms with van der Waals surface area (Å²) in [5.74, 6) is -1.37. The van der Waals surface area contributed by atoms with Crippen LogP contribution in [0.1, 0.15) is 37.7 Å². The normalized spacial score (nSPS) is 15.9. The van der Waals surface area contributed by atoms with Crippen LogP contribution in [0.4, 0.5) is 0 Å². The van der Waals surface area contributed by atoms with Crippen LogP contribution in [0, 0.1) is 0 Å². The summed E-state index contributed by atoms with van der Waals surface area (Å²) < 4.78 is 0. The number of nitrogens with zero attached hydrogens (tertiary/aromatic N) is 1. The first kappa shape index (κ1) is 15.5. The molecule has 1 aliphatic carbocycles. The first-order valence-electron chi connectivity index (χ1n) is 7.04. The number of hydrazone groups is 1. The van der Waals surface area contributed by atoms with Gasteiger partial charge in [-0.1, -0.05) is 43.0 Å². The molecule has 21 heavy (non-hydrogen) atoms. The summed E-state index contributed by atoms with van der Waals surface area (Å²) in [6, 6.07) is 7.08. The Hall–Kier alpha value is -1.88. The molecule has 2 rings (SSSR count). The molecule has 6 heteroatoms. The van der Waals surface area contributed by atoms with E-state index in [2.05, 4.69) is 15.8 Å². The van der Waals surface area contributed by atoms with Crippen LogP contribution in [0.25, 0.3) is 0 Å². The molecule has 0 unspecified atom stereocenters. The Morgan fingerprint density at radius 2 is 1.76 bits per heavy atom. The van der Waals surface area contributed by atoms with Crippen molar-refractivity contribution in [2.24, 2.45) is 5.10 Å². The van der Waals surface area contributed by atoms with E-state index >= 15 is 0 Å². The molecule has 0 heterocycles. The van der Waals surface area contributed by atoms with Crippen molar-refractivity contribution in [3.05, 3.63) is 34.9 Å². The lowest BCUT2D eigenvalue weighted by atomic mass is 9.95. The maximum atomic E-state index is 11.7. The predicted molar refractivity (Wildman–Crippen MR) is 82.2 cm³/mol. The molecular formula is C15H18ClN3O2. The van der Waals surface area contributed by atoms with Crippen molar-refractivity contribution in [1.82, 2.24) is 10.7 Å². The fourth-order valence-electron chi connectivity index (χ4n) is 2.26. The van der Waals surface area contributed by atoms with Crippen molar-refractivity contribution < 1.29 is 9.59 Å². The van der Waals surface area contributed by atoms with E-state index in [1.54, 1.807) is 24.3 Å². The van der Waals surface area contributed by atoms with Crippen molar-refractivity contribution in [3.63, 3.8) is 0 Å². The molecule has 1 aliphatic rings.